The number of carbonyl (C=O) groups is 1. The molecular weight excluding hydrogens is 462 g/mol. The molecule has 1 aromatic carbocycles. The van der Waals surface area contributed by atoms with Gasteiger partial charge in [-0.25, -0.2) is 9.78 Å². The van der Waals surface area contributed by atoms with Crippen LogP contribution in [-0.4, -0.2) is 57.4 Å². The molecule has 0 spiro atoms. The van der Waals surface area contributed by atoms with Crippen LogP contribution >= 0.6 is 0 Å². The van der Waals surface area contributed by atoms with Gasteiger partial charge in [-0.05, 0) is 56.4 Å². The highest BCUT2D eigenvalue weighted by Gasteiger charge is 2.31. The molecule has 0 amide bonds. The third-order valence-electron chi connectivity index (χ3n) is 7.27. The van der Waals surface area contributed by atoms with E-state index in [0.717, 1.165) is 49.8 Å². The number of benzene rings is 1. The summed E-state index contributed by atoms with van der Waals surface area (Å²) in [5, 5.41) is 25.8. The van der Waals surface area contributed by atoms with E-state index in [1.807, 2.05) is 6.92 Å². The molecule has 0 unspecified atom stereocenters. The number of hydrogen-bond donors (Lipinski definition) is 2. The minimum atomic E-state index is -1.02. The summed E-state index contributed by atoms with van der Waals surface area (Å²) in [7, 11) is 3.17. The van der Waals surface area contributed by atoms with Crippen molar-refractivity contribution in [2.75, 3.05) is 14.2 Å². The summed E-state index contributed by atoms with van der Waals surface area (Å²) in [6.45, 7) is 2.14. The molecule has 2 N–H and O–H groups in total. The first-order valence-electron chi connectivity index (χ1n) is 12.5. The maximum atomic E-state index is 11.9. The van der Waals surface area contributed by atoms with E-state index in [4.69, 9.17) is 14.2 Å². The van der Waals surface area contributed by atoms with Crippen LogP contribution in [0.2, 0.25) is 0 Å². The highest BCUT2D eigenvalue weighted by atomic mass is 16.5. The Morgan fingerprint density at radius 3 is 2.36 bits per heavy atom. The summed E-state index contributed by atoms with van der Waals surface area (Å²) in [6.07, 6.45) is 6.35. The number of aromatic carboxylic acids is 1. The van der Waals surface area contributed by atoms with Crippen LogP contribution in [0.15, 0.2) is 24.4 Å². The van der Waals surface area contributed by atoms with E-state index in [-0.39, 0.29) is 18.2 Å². The number of aliphatic hydroxyl groups excluding tert-OH is 1. The van der Waals surface area contributed by atoms with Crippen molar-refractivity contribution in [2.24, 2.45) is 0 Å². The highest BCUT2D eigenvalue weighted by Crippen LogP contribution is 2.40. The number of aromatic nitrogens is 3. The number of ether oxygens (including phenoxy) is 3. The fraction of sp³-hybridized carbons (Fsp3) is 0.519. The van der Waals surface area contributed by atoms with Gasteiger partial charge in [0.25, 0.3) is 0 Å². The molecule has 2 heterocycles. The van der Waals surface area contributed by atoms with Gasteiger partial charge in [0, 0.05) is 17.2 Å². The first-order chi connectivity index (χ1) is 17.4. The summed E-state index contributed by atoms with van der Waals surface area (Å²) in [5.74, 6) is 0.543. The lowest BCUT2D eigenvalue weighted by Crippen LogP contribution is -2.31. The Hall–Kier alpha value is -3.17. The van der Waals surface area contributed by atoms with E-state index >= 15 is 0 Å². The van der Waals surface area contributed by atoms with Crippen LogP contribution in [0, 0.1) is 6.92 Å². The largest absolute Gasteiger partial charge is 0.496 e. The second-order valence-corrected chi connectivity index (χ2v) is 9.84. The van der Waals surface area contributed by atoms with Gasteiger partial charge in [-0.1, -0.05) is 12.8 Å². The number of hydrogen-bond acceptors (Lipinski definition) is 7. The summed E-state index contributed by atoms with van der Waals surface area (Å²) >= 11 is 0. The maximum absolute atomic E-state index is 11.9. The van der Waals surface area contributed by atoms with Gasteiger partial charge in [-0.3, -0.25) is 4.68 Å². The molecule has 36 heavy (non-hydrogen) atoms. The molecule has 2 saturated carbocycles. The van der Waals surface area contributed by atoms with Crippen molar-refractivity contribution in [3.05, 3.63) is 46.8 Å². The fourth-order valence-electron chi connectivity index (χ4n) is 5.08. The predicted molar refractivity (Wildman–Crippen MR) is 133 cm³/mol. The zero-order valence-corrected chi connectivity index (χ0v) is 20.9. The lowest BCUT2D eigenvalue weighted by Gasteiger charge is -2.27. The van der Waals surface area contributed by atoms with Gasteiger partial charge in [-0.2, -0.15) is 5.10 Å². The van der Waals surface area contributed by atoms with Crippen LogP contribution in [0.4, 0.5) is 0 Å². The number of aliphatic hydroxyl groups is 1. The molecule has 2 aromatic heterocycles. The quantitative estimate of drug-likeness (QED) is 0.425. The Labute approximate surface area is 210 Å². The zero-order chi connectivity index (χ0) is 25.4. The summed E-state index contributed by atoms with van der Waals surface area (Å²) < 4.78 is 19.1. The number of carboxylic acid groups (broad SMARTS) is 1. The summed E-state index contributed by atoms with van der Waals surface area (Å²) in [5.41, 5.74) is 3.32. The van der Waals surface area contributed by atoms with Crippen LogP contribution in [0.3, 0.4) is 0 Å². The lowest BCUT2D eigenvalue weighted by molar-refractivity contribution is -0.0845. The molecule has 0 radical (unpaired) electrons. The van der Waals surface area contributed by atoms with Crippen LogP contribution in [0.25, 0.3) is 11.0 Å². The molecule has 9 nitrogen and oxygen atoms in total. The van der Waals surface area contributed by atoms with Crippen molar-refractivity contribution in [3.63, 3.8) is 0 Å². The minimum Gasteiger partial charge on any atom is -0.496 e. The van der Waals surface area contributed by atoms with Crippen molar-refractivity contribution in [2.45, 2.75) is 76.2 Å². The van der Waals surface area contributed by atoms with Gasteiger partial charge in [0.15, 0.2) is 0 Å². The summed E-state index contributed by atoms with van der Waals surface area (Å²) in [6, 6.07) is 5.25. The number of methoxy groups -OCH3 is 2. The van der Waals surface area contributed by atoms with Crippen molar-refractivity contribution >= 4 is 17.0 Å². The third kappa shape index (κ3) is 4.90. The maximum Gasteiger partial charge on any atom is 0.338 e. The molecule has 9 heteroatoms. The van der Waals surface area contributed by atoms with Crippen LogP contribution in [0.1, 0.15) is 77.7 Å². The third-order valence-corrected chi connectivity index (χ3v) is 7.27. The second-order valence-electron chi connectivity index (χ2n) is 9.84. The number of fused-ring (bicyclic) bond motifs is 1. The smallest absolute Gasteiger partial charge is 0.338 e. The molecular formula is C27H33N3O6. The molecule has 0 bridgehead atoms. The van der Waals surface area contributed by atoms with Gasteiger partial charge in [0.2, 0.25) is 0 Å². The molecule has 0 aliphatic heterocycles. The van der Waals surface area contributed by atoms with Crippen molar-refractivity contribution in [1.29, 1.82) is 0 Å². The molecule has 2 aliphatic rings. The van der Waals surface area contributed by atoms with E-state index in [9.17, 15) is 15.0 Å². The van der Waals surface area contributed by atoms with Crippen LogP contribution in [0.5, 0.6) is 11.5 Å². The SMILES string of the molecule is COc1cc([C@@H](O)[C@H](Cn2cc3nc(C4CC4)cc(C(=O)O)c3n2)OC2CCCC2)cc(OC)c1C. The molecule has 2 atom stereocenters. The first-order valence-corrected chi connectivity index (χ1v) is 12.5. The van der Waals surface area contributed by atoms with Gasteiger partial charge in [0.1, 0.15) is 34.7 Å². The lowest BCUT2D eigenvalue weighted by atomic mass is 10.0. The first kappa shape index (κ1) is 24.5. The van der Waals surface area contributed by atoms with Crippen LogP contribution < -0.4 is 9.47 Å². The number of pyridine rings is 1. The van der Waals surface area contributed by atoms with Crippen LogP contribution in [-0.2, 0) is 11.3 Å². The normalized spacial score (nSPS) is 17.9. The molecule has 0 saturated heterocycles. The Morgan fingerprint density at radius 1 is 1.11 bits per heavy atom. The van der Waals surface area contributed by atoms with Gasteiger partial charge < -0.3 is 24.4 Å². The molecule has 5 rings (SSSR count). The number of nitrogens with zero attached hydrogens (tertiary/aromatic N) is 3. The van der Waals surface area contributed by atoms with Crippen molar-refractivity contribution in [1.82, 2.24) is 14.8 Å². The Bertz CT molecular complexity index is 1240. The van der Waals surface area contributed by atoms with Gasteiger partial charge in [-0.15, -0.1) is 0 Å². The average Bonchev–Trinajstić information content (AvgIpc) is 3.44. The predicted octanol–water partition coefficient (Wildman–Crippen LogP) is 4.39. The molecule has 3 aromatic rings. The van der Waals surface area contributed by atoms with E-state index in [1.165, 1.54) is 0 Å². The number of carboxylic acids is 1. The van der Waals surface area contributed by atoms with E-state index < -0.39 is 18.2 Å². The topological polar surface area (TPSA) is 116 Å². The molecule has 192 valence electrons. The zero-order valence-electron chi connectivity index (χ0n) is 20.9. The Balaban J connectivity index is 1.49. The van der Waals surface area contributed by atoms with Gasteiger partial charge in [0.05, 0.1) is 38.6 Å². The average molecular weight is 496 g/mol. The monoisotopic (exact) mass is 495 g/mol. The summed E-state index contributed by atoms with van der Waals surface area (Å²) in [4.78, 5) is 16.6. The number of rotatable bonds is 10. The second kappa shape index (κ2) is 10.1. The van der Waals surface area contributed by atoms with E-state index in [2.05, 4.69) is 10.1 Å². The van der Waals surface area contributed by atoms with Crippen molar-refractivity contribution < 1.29 is 29.2 Å². The Kier molecular flexibility index (Phi) is 6.85. The fourth-order valence-corrected chi connectivity index (χ4v) is 5.08. The Morgan fingerprint density at radius 2 is 1.78 bits per heavy atom. The van der Waals surface area contributed by atoms with E-state index in [0.29, 0.717) is 34.0 Å². The van der Waals surface area contributed by atoms with Gasteiger partial charge >= 0.3 is 5.97 Å². The minimum absolute atomic E-state index is 0.0537. The molecule has 2 fully saturated rings. The highest BCUT2D eigenvalue weighted by molar-refractivity contribution is 6.00. The standard InChI is InChI=1S/C27H33N3O6/c1-15-22(34-2)10-17(11-23(15)35-3)26(31)24(36-18-6-4-5-7-18)14-30-13-21-25(29-30)19(27(32)33)12-20(28-21)16-8-9-16/h10-13,16,18,24,26,31H,4-9,14H2,1-3H3,(H,32,33)/t24-,26+/m0/s1. The van der Waals surface area contributed by atoms with Crippen molar-refractivity contribution in [3.8, 4) is 11.5 Å². The molecule has 2 aliphatic carbocycles. The van der Waals surface area contributed by atoms with E-state index in [1.54, 1.807) is 43.3 Å².